The molecular weight excluding hydrogens is 373 g/mol. The van der Waals surface area contributed by atoms with E-state index < -0.39 is 18.0 Å². The number of carbonyl (C=O) groups excluding carboxylic acids is 1. The lowest BCUT2D eigenvalue weighted by Gasteiger charge is -2.20. The van der Waals surface area contributed by atoms with Crippen molar-refractivity contribution in [1.29, 1.82) is 0 Å². The first-order chi connectivity index (χ1) is 11.7. The smallest absolute Gasteiger partial charge is 0.351 e. The molecule has 5 nitrogen and oxygen atoms in total. The summed E-state index contributed by atoms with van der Waals surface area (Å²) >= 11 is 2.17. The Bertz CT molecular complexity index is 694. The number of halogens is 3. The van der Waals surface area contributed by atoms with E-state index in [1.54, 1.807) is 18.9 Å². The molecular formula is C15H17F3N4OS2. The Morgan fingerprint density at radius 3 is 2.64 bits per heavy atom. The largest absolute Gasteiger partial charge is 0.405 e. The second kappa shape index (κ2) is 8.52. The molecule has 0 saturated heterocycles. The SMILES string of the molecule is CC(Sc1nnc(NCC(F)(F)F)s1)C(=O)N(C)Cc1ccccc1. The van der Waals surface area contributed by atoms with Crippen LogP contribution in [0.15, 0.2) is 34.7 Å². The molecule has 1 N–H and O–H groups in total. The molecule has 10 heteroatoms. The summed E-state index contributed by atoms with van der Waals surface area (Å²) in [5, 5.41) is 9.30. The fraction of sp³-hybridized carbons (Fsp3) is 0.400. The molecule has 0 bridgehead atoms. The third-order valence-corrected chi connectivity index (χ3v) is 5.16. The zero-order valence-electron chi connectivity index (χ0n) is 13.6. The first-order valence-electron chi connectivity index (χ1n) is 7.34. The minimum Gasteiger partial charge on any atom is -0.351 e. The molecule has 0 aliphatic rings. The molecule has 0 fully saturated rings. The lowest BCUT2D eigenvalue weighted by molar-refractivity contribution is -0.129. The summed E-state index contributed by atoms with van der Waals surface area (Å²) in [5.74, 6) is -0.0890. The van der Waals surface area contributed by atoms with Crippen LogP contribution < -0.4 is 5.32 Å². The van der Waals surface area contributed by atoms with E-state index in [1.807, 2.05) is 30.3 Å². The summed E-state index contributed by atoms with van der Waals surface area (Å²) < 4.78 is 37.0. The van der Waals surface area contributed by atoms with Crippen molar-refractivity contribution in [2.75, 3.05) is 18.9 Å². The lowest BCUT2D eigenvalue weighted by Crippen LogP contribution is -2.32. The van der Waals surface area contributed by atoms with Crippen LogP contribution in [0.4, 0.5) is 18.3 Å². The Balaban J connectivity index is 1.87. The molecule has 2 rings (SSSR count). The summed E-state index contributed by atoms with van der Waals surface area (Å²) in [7, 11) is 1.71. The average molecular weight is 390 g/mol. The fourth-order valence-corrected chi connectivity index (χ4v) is 3.96. The minimum absolute atomic E-state index is 0.0807. The quantitative estimate of drug-likeness (QED) is 0.732. The standard InChI is InChI=1S/C15H17F3N4OS2/c1-10(12(23)22(2)8-11-6-4-3-5-7-11)24-14-21-20-13(25-14)19-9-15(16,17)18/h3-7,10H,8-9H2,1-2H3,(H,19,20). The Hall–Kier alpha value is -1.81. The summed E-state index contributed by atoms with van der Waals surface area (Å²) in [6.07, 6.45) is -4.32. The van der Waals surface area contributed by atoms with Crippen LogP contribution in [0, 0.1) is 0 Å². The van der Waals surface area contributed by atoms with Gasteiger partial charge in [0.1, 0.15) is 6.54 Å². The van der Waals surface area contributed by atoms with Crippen LogP contribution in [0.3, 0.4) is 0 Å². The van der Waals surface area contributed by atoms with Crippen LogP contribution >= 0.6 is 23.1 Å². The van der Waals surface area contributed by atoms with Crippen molar-refractivity contribution < 1.29 is 18.0 Å². The number of nitrogens with zero attached hydrogens (tertiary/aromatic N) is 3. The predicted molar refractivity (Wildman–Crippen MR) is 92.7 cm³/mol. The monoisotopic (exact) mass is 390 g/mol. The molecule has 136 valence electrons. The van der Waals surface area contributed by atoms with Crippen molar-refractivity contribution in [3.05, 3.63) is 35.9 Å². The highest BCUT2D eigenvalue weighted by molar-refractivity contribution is 8.02. The lowest BCUT2D eigenvalue weighted by atomic mass is 10.2. The number of thioether (sulfide) groups is 1. The number of alkyl halides is 3. The molecule has 2 aromatic rings. The van der Waals surface area contributed by atoms with Gasteiger partial charge in [-0.15, -0.1) is 10.2 Å². The second-order valence-corrected chi connectivity index (χ2v) is 7.85. The van der Waals surface area contributed by atoms with E-state index in [4.69, 9.17) is 0 Å². The van der Waals surface area contributed by atoms with E-state index in [1.165, 1.54) is 11.8 Å². The molecule has 0 radical (unpaired) electrons. The summed E-state index contributed by atoms with van der Waals surface area (Å²) in [6.45, 7) is 1.05. The molecule has 1 amide bonds. The zero-order valence-corrected chi connectivity index (χ0v) is 15.2. The summed E-state index contributed by atoms with van der Waals surface area (Å²) in [6, 6.07) is 9.59. The van der Waals surface area contributed by atoms with E-state index in [2.05, 4.69) is 15.5 Å². The highest BCUT2D eigenvalue weighted by atomic mass is 32.2. The van der Waals surface area contributed by atoms with Gasteiger partial charge in [-0.3, -0.25) is 4.79 Å². The van der Waals surface area contributed by atoms with E-state index in [-0.39, 0.29) is 11.0 Å². The average Bonchev–Trinajstić information content (AvgIpc) is 3.00. The van der Waals surface area contributed by atoms with Crippen LogP contribution in [0.1, 0.15) is 12.5 Å². The third-order valence-electron chi connectivity index (χ3n) is 3.11. The van der Waals surface area contributed by atoms with Gasteiger partial charge in [0, 0.05) is 13.6 Å². The molecule has 1 heterocycles. The number of aromatic nitrogens is 2. The van der Waals surface area contributed by atoms with Crippen molar-refractivity contribution in [3.63, 3.8) is 0 Å². The minimum atomic E-state index is -4.32. The molecule has 1 atom stereocenters. The number of anilines is 1. The Labute approximate surface area is 151 Å². The zero-order chi connectivity index (χ0) is 18.4. The normalized spacial score (nSPS) is 12.7. The van der Waals surface area contributed by atoms with Gasteiger partial charge in [-0.1, -0.05) is 53.4 Å². The van der Waals surface area contributed by atoms with Gasteiger partial charge in [0.25, 0.3) is 0 Å². The number of hydrogen-bond acceptors (Lipinski definition) is 6. The van der Waals surface area contributed by atoms with E-state index >= 15 is 0 Å². The number of rotatable bonds is 7. The first-order valence-corrected chi connectivity index (χ1v) is 9.04. The van der Waals surface area contributed by atoms with Gasteiger partial charge in [-0.25, -0.2) is 0 Å². The topological polar surface area (TPSA) is 58.1 Å². The van der Waals surface area contributed by atoms with Crippen molar-refractivity contribution >= 4 is 34.1 Å². The third kappa shape index (κ3) is 6.54. The summed E-state index contributed by atoms with van der Waals surface area (Å²) in [5.41, 5.74) is 1.02. The Morgan fingerprint density at radius 1 is 1.32 bits per heavy atom. The van der Waals surface area contributed by atoms with Gasteiger partial charge < -0.3 is 10.2 Å². The van der Waals surface area contributed by atoms with Crippen molar-refractivity contribution in [3.8, 4) is 0 Å². The van der Waals surface area contributed by atoms with Gasteiger partial charge in [0.05, 0.1) is 5.25 Å². The van der Waals surface area contributed by atoms with Gasteiger partial charge in [0.2, 0.25) is 11.0 Å². The molecule has 1 aromatic carbocycles. The fourth-order valence-electron chi connectivity index (χ4n) is 1.95. The second-order valence-electron chi connectivity index (χ2n) is 5.28. The molecule has 0 saturated carbocycles. The van der Waals surface area contributed by atoms with Crippen LogP contribution in [0.25, 0.3) is 0 Å². The Kier molecular flexibility index (Phi) is 6.65. The molecule has 1 aromatic heterocycles. The highest BCUT2D eigenvalue weighted by Gasteiger charge is 2.27. The van der Waals surface area contributed by atoms with E-state index in [0.29, 0.717) is 10.9 Å². The van der Waals surface area contributed by atoms with Gasteiger partial charge in [-0.2, -0.15) is 13.2 Å². The summed E-state index contributed by atoms with van der Waals surface area (Å²) in [4.78, 5) is 14.0. The number of nitrogens with one attached hydrogen (secondary N) is 1. The van der Waals surface area contributed by atoms with Crippen LogP contribution in [0.5, 0.6) is 0 Å². The van der Waals surface area contributed by atoms with E-state index in [0.717, 1.165) is 16.9 Å². The molecule has 25 heavy (non-hydrogen) atoms. The van der Waals surface area contributed by atoms with Crippen molar-refractivity contribution in [1.82, 2.24) is 15.1 Å². The van der Waals surface area contributed by atoms with E-state index in [9.17, 15) is 18.0 Å². The molecule has 0 aliphatic heterocycles. The van der Waals surface area contributed by atoms with Crippen molar-refractivity contribution in [2.24, 2.45) is 0 Å². The van der Waals surface area contributed by atoms with Crippen LogP contribution in [0.2, 0.25) is 0 Å². The van der Waals surface area contributed by atoms with Gasteiger partial charge in [-0.05, 0) is 12.5 Å². The molecule has 0 spiro atoms. The van der Waals surface area contributed by atoms with Crippen LogP contribution in [-0.2, 0) is 11.3 Å². The predicted octanol–water partition coefficient (Wildman–Crippen LogP) is 3.65. The number of carbonyl (C=O) groups is 1. The number of benzene rings is 1. The molecule has 1 unspecified atom stereocenters. The number of amides is 1. The maximum Gasteiger partial charge on any atom is 0.405 e. The first kappa shape index (κ1) is 19.5. The number of hydrogen-bond donors (Lipinski definition) is 1. The molecule has 0 aliphatic carbocycles. The highest BCUT2D eigenvalue weighted by Crippen LogP contribution is 2.30. The Morgan fingerprint density at radius 2 is 2.00 bits per heavy atom. The maximum absolute atomic E-state index is 12.4. The van der Waals surface area contributed by atoms with Crippen LogP contribution in [-0.4, -0.2) is 46.0 Å². The van der Waals surface area contributed by atoms with Gasteiger partial charge >= 0.3 is 6.18 Å². The van der Waals surface area contributed by atoms with Gasteiger partial charge in [0.15, 0.2) is 4.34 Å². The van der Waals surface area contributed by atoms with Crippen molar-refractivity contribution in [2.45, 2.75) is 29.2 Å². The maximum atomic E-state index is 12.4.